The number of imidazole rings is 1. The highest BCUT2D eigenvalue weighted by Crippen LogP contribution is 2.10. The molecule has 0 aliphatic carbocycles. The van der Waals surface area contributed by atoms with Crippen LogP contribution < -0.4 is 5.32 Å². The van der Waals surface area contributed by atoms with Crippen molar-refractivity contribution in [3.8, 4) is 0 Å². The molecular formula is C24H43N3O2. The Hall–Kier alpha value is -1.62. The predicted molar refractivity (Wildman–Crippen MR) is 121 cm³/mol. The number of aromatic amines is 1. The molecule has 1 aromatic heterocycles. The normalized spacial score (nSPS) is 12.5. The second-order valence-electron chi connectivity index (χ2n) is 8.06. The van der Waals surface area contributed by atoms with Crippen molar-refractivity contribution >= 4 is 5.91 Å². The zero-order valence-electron chi connectivity index (χ0n) is 18.5. The molecule has 0 unspecified atom stereocenters. The molecule has 5 heteroatoms. The smallest absolute Gasteiger partial charge is 0.220 e. The average Bonchev–Trinajstić information content (AvgIpc) is 3.23. The molecule has 5 nitrogen and oxygen atoms in total. The van der Waals surface area contributed by atoms with Crippen LogP contribution in [0.1, 0.15) is 103 Å². The minimum absolute atomic E-state index is 0.0289. The molecule has 166 valence electrons. The van der Waals surface area contributed by atoms with Crippen molar-refractivity contribution in [3.05, 3.63) is 30.4 Å². The first kappa shape index (κ1) is 25.4. The molecule has 1 amide bonds. The second kappa shape index (κ2) is 18.4. The Balaban J connectivity index is 1.89. The van der Waals surface area contributed by atoms with Crippen LogP contribution in [0.25, 0.3) is 0 Å². The lowest BCUT2D eigenvalue weighted by molar-refractivity contribution is -0.122. The molecule has 0 saturated carbocycles. The molecule has 0 saturated heterocycles. The molecule has 0 radical (unpaired) electrons. The highest BCUT2D eigenvalue weighted by molar-refractivity contribution is 5.76. The number of carbonyl (C=O) groups is 1. The van der Waals surface area contributed by atoms with E-state index in [0.29, 0.717) is 12.8 Å². The molecule has 0 aliphatic rings. The van der Waals surface area contributed by atoms with Crippen LogP contribution in [0.5, 0.6) is 0 Å². The van der Waals surface area contributed by atoms with Crippen molar-refractivity contribution < 1.29 is 9.90 Å². The topological polar surface area (TPSA) is 78.0 Å². The summed E-state index contributed by atoms with van der Waals surface area (Å²) < 4.78 is 0. The maximum atomic E-state index is 12.0. The van der Waals surface area contributed by atoms with Gasteiger partial charge in [-0.3, -0.25) is 4.79 Å². The van der Waals surface area contributed by atoms with Crippen LogP contribution in [0.3, 0.4) is 0 Å². The molecule has 1 rings (SSSR count). The molecule has 0 spiro atoms. The lowest BCUT2D eigenvalue weighted by atomic mass is 10.1. The van der Waals surface area contributed by atoms with Gasteiger partial charge in [-0.05, 0) is 32.1 Å². The zero-order chi connectivity index (χ0) is 21.0. The third-order valence-electron chi connectivity index (χ3n) is 5.27. The fraction of sp³-hybridized carbons (Fsp3) is 0.750. The van der Waals surface area contributed by atoms with Gasteiger partial charge in [-0.25, -0.2) is 4.98 Å². The molecule has 0 aliphatic heterocycles. The highest BCUT2D eigenvalue weighted by Gasteiger charge is 2.12. The van der Waals surface area contributed by atoms with Gasteiger partial charge < -0.3 is 15.4 Å². The number of H-pyrrole nitrogens is 1. The van der Waals surface area contributed by atoms with Gasteiger partial charge in [-0.2, -0.15) is 0 Å². The molecule has 29 heavy (non-hydrogen) atoms. The molecule has 0 aromatic carbocycles. The number of aromatic nitrogens is 2. The van der Waals surface area contributed by atoms with E-state index in [-0.39, 0.29) is 18.6 Å². The van der Waals surface area contributed by atoms with Crippen LogP contribution in [0, 0.1) is 0 Å². The maximum Gasteiger partial charge on any atom is 0.220 e. The Morgan fingerprint density at radius 1 is 1.03 bits per heavy atom. The van der Waals surface area contributed by atoms with Gasteiger partial charge in [0.25, 0.3) is 0 Å². The van der Waals surface area contributed by atoms with E-state index in [9.17, 15) is 9.90 Å². The van der Waals surface area contributed by atoms with Gasteiger partial charge in [0.15, 0.2) is 0 Å². The highest BCUT2D eigenvalue weighted by atomic mass is 16.3. The van der Waals surface area contributed by atoms with E-state index < -0.39 is 0 Å². The van der Waals surface area contributed by atoms with Crippen LogP contribution in [0.2, 0.25) is 0 Å². The summed E-state index contributed by atoms with van der Waals surface area (Å²) >= 11 is 0. The summed E-state index contributed by atoms with van der Waals surface area (Å²) in [6.45, 7) is 2.20. The van der Waals surface area contributed by atoms with Crippen molar-refractivity contribution in [1.29, 1.82) is 0 Å². The Kier molecular flexibility index (Phi) is 16.1. The van der Waals surface area contributed by atoms with E-state index in [1.54, 1.807) is 12.5 Å². The summed E-state index contributed by atoms with van der Waals surface area (Å²) in [5, 5.41) is 12.3. The van der Waals surface area contributed by atoms with E-state index in [2.05, 4.69) is 34.4 Å². The third-order valence-corrected chi connectivity index (χ3v) is 5.27. The standard InChI is InChI=1S/C24H43N3O2/c1-2-3-4-5-6-7-8-9-10-11-12-13-14-15-16-17-24(29)27-23(20-28)18-22-19-25-21-26-22/h9-10,19,21,23,28H,2-8,11-18,20H2,1H3,(H,25,26)(H,27,29)/b10-9-/t23-/m0/s1. The maximum absolute atomic E-state index is 12.0. The van der Waals surface area contributed by atoms with Crippen LogP contribution in [-0.4, -0.2) is 33.6 Å². The van der Waals surface area contributed by atoms with Crippen molar-refractivity contribution in [2.45, 2.75) is 109 Å². The Bertz CT molecular complexity index is 514. The number of allylic oxidation sites excluding steroid dienone is 2. The molecule has 0 bridgehead atoms. The molecular weight excluding hydrogens is 362 g/mol. The first-order chi connectivity index (χ1) is 14.3. The minimum atomic E-state index is -0.244. The number of carbonyl (C=O) groups excluding carboxylic acids is 1. The Morgan fingerprint density at radius 2 is 1.66 bits per heavy atom. The lowest BCUT2D eigenvalue weighted by Crippen LogP contribution is -2.39. The SMILES string of the molecule is CCCCCCCC/C=C\CCCCCCCC(=O)N[C@H](CO)Cc1cnc[nH]1. The van der Waals surface area contributed by atoms with Crippen LogP contribution in [0.15, 0.2) is 24.7 Å². The molecule has 0 fully saturated rings. The van der Waals surface area contributed by atoms with Crippen molar-refractivity contribution in [2.75, 3.05) is 6.61 Å². The summed E-state index contributed by atoms with van der Waals surface area (Å²) in [6.07, 6.45) is 25.5. The van der Waals surface area contributed by atoms with Crippen LogP contribution in [0.4, 0.5) is 0 Å². The van der Waals surface area contributed by atoms with E-state index in [1.807, 2.05) is 0 Å². The van der Waals surface area contributed by atoms with Gasteiger partial charge >= 0.3 is 0 Å². The average molecular weight is 406 g/mol. The van der Waals surface area contributed by atoms with E-state index in [1.165, 1.54) is 70.6 Å². The van der Waals surface area contributed by atoms with Crippen LogP contribution >= 0.6 is 0 Å². The van der Waals surface area contributed by atoms with Gasteiger partial charge in [-0.15, -0.1) is 0 Å². The summed E-state index contributed by atoms with van der Waals surface area (Å²) in [4.78, 5) is 19.0. The van der Waals surface area contributed by atoms with E-state index in [0.717, 1.165) is 18.5 Å². The number of nitrogens with one attached hydrogen (secondary N) is 2. The van der Waals surface area contributed by atoms with Gasteiger partial charge in [0.2, 0.25) is 5.91 Å². The molecule has 1 atom stereocenters. The second-order valence-corrected chi connectivity index (χ2v) is 8.06. The number of aliphatic hydroxyl groups excluding tert-OH is 1. The first-order valence-corrected chi connectivity index (χ1v) is 11.8. The number of aliphatic hydroxyl groups is 1. The third kappa shape index (κ3) is 15.0. The van der Waals surface area contributed by atoms with Gasteiger partial charge in [0, 0.05) is 24.7 Å². The number of hydrogen-bond donors (Lipinski definition) is 3. The Labute approximate surface area is 177 Å². The Morgan fingerprint density at radius 3 is 2.24 bits per heavy atom. The summed E-state index contributed by atoms with van der Waals surface area (Å²) in [6, 6.07) is -0.244. The predicted octanol–water partition coefficient (Wildman–Crippen LogP) is 5.47. The van der Waals surface area contributed by atoms with Crippen molar-refractivity contribution in [1.82, 2.24) is 15.3 Å². The monoisotopic (exact) mass is 405 g/mol. The quantitative estimate of drug-likeness (QED) is 0.211. The van der Waals surface area contributed by atoms with Crippen molar-refractivity contribution in [2.24, 2.45) is 0 Å². The number of hydrogen-bond acceptors (Lipinski definition) is 3. The van der Waals surface area contributed by atoms with Crippen LogP contribution in [-0.2, 0) is 11.2 Å². The zero-order valence-corrected chi connectivity index (χ0v) is 18.5. The summed E-state index contributed by atoms with van der Waals surface area (Å²) in [5.74, 6) is 0.0289. The number of rotatable bonds is 19. The van der Waals surface area contributed by atoms with Gasteiger partial charge in [0.1, 0.15) is 0 Å². The number of nitrogens with zero attached hydrogens (tertiary/aromatic N) is 1. The first-order valence-electron chi connectivity index (χ1n) is 11.8. The van der Waals surface area contributed by atoms with Crippen molar-refractivity contribution in [3.63, 3.8) is 0 Å². The lowest BCUT2D eigenvalue weighted by Gasteiger charge is -2.15. The van der Waals surface area contributed by atoms with E-state index in [4.69, 9.17) is 0 Å². The molecule has 1 aromatic rings. The number of unbranched alkanes of at least 4 members (excludes halogenated alkanes) is 11. The minimum Gasteiger partial charge on any atom is -0.394 e. The van der Waals surface area contributed by atoms with Gasteiger partial charge in [0.05, 0.1) is 19.0 Å². The van der Waals surface area contributed by atoms with Gasteiger partial charge in [-0.1, -0.05) is 70.4 Å². The fourth-order valence-corrected chi connectivity index (χ4v) is 3.48. The molecule has 1 heterocycles. The summed E-state index contributed by atoms with van der Waals surface area (Å²) in [5.41, 5.74) is 0.922. The van der Waals surface area contributed by atoms with E-state index >= 15 is 0 Å². The largest absolute Gasteiger partial charge is 0.394 e. The molecule has 3 N–H and O–H groups in total. The fourth-order valence-electron chi connectivity index (χ4n) is 3.48. The number of amides is 1. The summed E-state index contributed by atoms with van der Waals surface area (Å²) in [7, 11) is 0.